The van der Waals surface area contributed by atoms with Crippen molar-refractivity contribution in [3.63, 3.8) is 0 Å². The van der Waals surface area contributed by atoms with Crippen molar-refractivity contribution in [2.75, 3.05) is 0 Å². The lowest BCUT2D eigenvalue weighted by Gasteiger charge is -2.14. The van der Waals surface area contributed by atoms with Gasteiger partial charge in [0.15, 0.2) is 0 Å². The van der Waals surface area contributed by atoms with Crippen LogP contribution in [0, 0.1) is 0 Å². The summed E-state index contributed by atoms with van der Waals surface area (Å²) >= 11 is 5.89. The summed E-state index contributed by atoms with van der Waals surface area (Å²) in [5.41, 5.74) is 0.397. The number of rotatable bonds is 7. The average Bonchev–Trinajstić information content (AvgIpc) is 2.70. The van der Waals surface area contributed by atoms with Gasteiger partial charge in [-0.25, -0.2) is 4.79 Å². The maximum atomic E-state index is 12.1. The quantitative estimate of drug-likeness (QED) is 0.809. The Hall–Kier alpha value is -1.49. The van der Waals surface area contributed by atoms with Crippen LogP contribution in [0.2, 0.25) is 5.02 Å². The maximum absolute atomic E-state index is 12.1. The second-order valence-electron chi connectivity index (χ2n) is 4.39. The second kappa shape index (κ2) is 7.19. The van der Waals surface area contributed by atoms with Crippen LogP contribution in [-0.2, 0) is 11.3 Å². The molecule has 0 aliphatic carbocycles. The van der Waals surface area contributed by atoms with Gasteiger partial charge in [-0.05, 0) is 18.9 Å². The Morgan fingerprint density at radius 1 is 1.42 bits per heavy atom. The molecule has 1 aromatic heterocycles. The van der Waals surface area contributed by atoms with Crippen molar-refractivity contribution in [2.45, 2.75) is 45.7 Å². The summed E-state index contributed by atoms with van der Waals surface area (Å²) in [6.45, 7) is 4.53. The molecule has 1 heterocycles. The molecule has 1 rings (SSSR count). The first kappa shape index (κ1) is 15.6. The molecule has 0 aliphatic rings. The molecule has 0 fully saturated rings. The molecule has 1 atom stereocenters. The number of carbonyl (C=O) groups excluding carboxylic acids is 1. The van der Waals surface area contributed by atoms with Gasteiger partial charge in [0.25, 0.3) is 5.91 Å². The summed E-state index contributed by atoms with van der Waals surface area (Å²) in [5, 5.41) is 12.0. The molecule has 0 aromatic carbocycles. The number of amides is 1. The molecule has 2 N–H and O–H groups in total. The average molecular weight is 287 g/mol. The monoisotopic (exact) mass is 286 g/mol. The Morgan fingerprint density at radius 3 is 2.63 bits per heavy atom. The summed E-state index contributed by atoms with van der Waals surface area (Å²) in [6, 6.07) is 0.693. The van der Waals surface area contributed by atoms with Crippen LogP contribution in [0.3, 0.4) is 0 Å². The van der Waals surface area contributed by atoms with Crippen LogP contribution in [0.4, 0.5) is 0 Å². The van der Waals surface area contributed by atoms with Crippen molar-refractivity contribution < 1.29 is 14.7 Å². The van der Waals surface area contributed by atoms with E-state index in [1.807, 2.05) is 13.8 Å². The Balaban J connectivity index is 2.84. The Kier molecular flexibility index (Phi) is 5.89. The minimum Gasteiger partial charge on any atom is -0.480 e. The first-order valence-electron chi connectivity index (χ1n) is 6.38. The second-order valence-corrected chi connectivity index (χ2v) is 4.83. The summed E-state index contributed by atoms with van der Waals surface area (Å²) < 4.78 is 1.74. The molecule has 0 aliphatic heterocycles. The molecule has 6 heteroatoms. The molecule has 0 saturated heterocycles. The Bertz CT molecular complexity index is 457. The lowest BCUT2D eigenvalue weighted by Crippen LogP contribution is -2.41. The van der Waals surface area contributed by atoms with E-state index in [0.29, 0.717) is 30.1 Å². The fourth-order valence-corrected chi connectivity index (χ4v) is 2.09. The van der Waals surface area contributed by atoms with E-state index in [0.717, 1.165) is 6.42 Å². The molecule has 0 unspecified atom stereocenters. The highest BCUT2D eigenvalue weighted by molar-refractivity contribution is 6.31. The Morgan fingerprint density at radius 2 is 2.11 bits per heavy atom. The molecule has 0 saturated carbocycles. The van der Waals surface area contributed by atoms with E-state index in [1.165, 1.54) is 0 Å². The number of hydrogen-bond acceptors (Lipinski definition) is 2. The fourth-order valence-electron chi connectivity index (χ4n) is 1.87. The highest BCUT2D eigenvalue weighted by Gasteiger charge is 2.21. The molecule has 0 radical (unpaired) electrons. The lowest BCUT2D eigenvalue weighted by atomic mass is 10.1. The predicted molar refractivity (Wildman–Crippen MR) is 73.5 cm³/mol. The van der Waals surface area contributed by atoms with Gasteiger partial charge < -0.3 is 15.0 Å². The van der Waals surface area contributed by atoms with Crippen LogP contribution < -0.4 is 5.32 Å². The molecule has 1 aromatic rings. The third-order valence-electron chi connectivity index (χ3n) is 2.74. The number of halogens is 1. The highest BCUT2D eigenvalue weighted by Crippen LogP contribution is 2.15. The number of nitrogens with one attached hydrogen (secondary N) is 1. The molecule has 5 nitrogen and oxygen atoms in total. The largest absolute Gasteiger partial charge is 0.480 e. The van der Waals surface area contributed by atoms with E-state index in [9.17, 15) is 9.59 Å². The van der Waals surface area contributed by atoms with Gasteiger partial charge in [-0.3, -0.25) is 4.79 Å². The number of aryl methyl sites for hydroxylation is 1. The smallest absolute Gasteiger partial charge is 0.326 e. The van der Waals surface area contributed by atoms with Crippen molar-refractivity contribution in [1.82, 2.24) is 9.88 Å². The number of aliphatic carboxylic acids is 1. The molecular formula is C13H19ClN2O3. The topological polar surface area (TPSA) is 71.3 Å². The van der Waals surface area contributed by atoms with Crippen molar-refractivity contribution in [3.8, 4) is 0 Å². The van der Waals surface area contributed by atoms with E-state index in [2.05, 4.69) is 5.32 Å². The van der Waals surface area contributed by atoms with Gasteiger partial charge in [0.1, 0.15) is 11.7 Å². The van der Waals surface area contributed by atoms with Crippen LogP contribution in [0.5, 0.6) is 0 Å². The van der Waals surface area contributed by atoms with Gasteiger partial charge in [-0.15, -0.1) is 0 Å². The first-order chi connectivity index (χ1) is 8.99. The van der Waals surface area contributed by atoms with Crippen LogP contribution in [0.15, 0.2) is 12.3 Å². The highest BCUT2D eigenvalue weighted by atomic mass is 35.5. The van der Waals surface area contributed by atoms with E-state index in [1.54, 1.807) is 16.8 Å². The number of carboxylic acid groups (broad SMARTS) is 1. The van der Waals surface area contributed by atoms with E-state index in [-0.39, 0.29) is 0 Å². The van der Waals surface area contributed by atoms with Gasteiger partial charge in [-0.2, -0.15) is 0 Å². The van der Waals surface area contributed by atoms with Crippen LogP contribution >= 0.6 is 11.6 Å². The number of carboxylic acids is 1. The van der Waals surface area contributed by atoms with Gasteiger partial charge in [0, 0.05) is 12.7 Å². The standard InChI is InChI=1S/C13H19ClN2O3/c1-3-5-10(13(18)19)15-12(17)11-7-9(14)8-16(11)6-4-2/h7-8,10H,3-6H2,1-2H3,(H,15,17)(H,18,19)/t10-/m0/s1. The van der Waals surface area contributed by atoms with Crippen LogP contribution in [0.1, 0.15) is 43.6 Å². The zero-order valence-electron chi connectivity index (χ0n) is 11.1. The SMILES string of the molecule is CCC[C@H](NC(=O)c1cc(Cl)cn1CCC)C(=O)O. The molecular weight excluding hydrogens is 268 g/mol. The lowest BCUT2D eigenvalue weighted by molar-refractivity contribution is -0.139. The first-order valence-corrected chi connectivity index (χ1v) is 6.76. The molecule has 0 spiro atoms. The van der Waals surface area contributed by atoms with Gasteiger partial charge in [-0.1, -0.05) is 31.9 Å². The van der Waals surface area contributed by atoms with Crippen LogP contribution in [-0.4, -0.2) is 27.6 Å². The van der Waals surface area contributed by atoms with E-state index >= 15 is 0 Å². The normalized spacial score (nSPS) is 12.2. The third kappa shape index (κ3) is 4.28. The molecule has 19 heavy (non-hydrogen) atoms. The number of carbonyl (C=O) groups is 2. The fraction of sp³-hybridized carbons (Fsp3) is 0.538. The summed E-state index contributed by atoms with van der Waals surface area (Å²) in [4.78, 5) is 23.1. The van der Waals surface area contributed by atoms with Crippen molar-refractivity contribution in [1.29, 1.82) is 0 Å². The van der Waals surface area contributed by atoms with Crippen LogP contribution in [0.25, 0.3) is 0 Å². The molecule has 0 bridgehead atoms. The predicted octanol–water partition coefficient (Wildman–Crippen LogP) is 2.53. The van der Waals surface area contributed by atoms with Gasteiger partial charge in [0.2, 0.25) is 0 Å². The van der Waals surface area contributed by atoms with E-state index in [4.69, 9.17) is 16.7 Å². The van der Waals surface area contributed by atoms with Crippen molar-refractivity contribution >= 4 is 23.5 Å². The van der Waals surface area contributed by atoms with Crippen molar-refractivity contribution in [2.24, 2.45) is 0 Å². The number of nitrogens with zero attached hydrogens (tertiary/aromatic N) is 1. The minimum atomic E-state index is -1.02. The molecule has 1 amide bonds. The number of aromatic nitrogens is 1. The molecule has 106 valence electrons. The van der Waals surface area contributed by atoms with Gasteiger partial charge >= 0.3 is 5.97 Å². The third-order valence-corrected chi connectivity index (χ3v) is 2.95. The van der Waals surface area contributed by atoms with Gasteiger partial charge in [0.05, 0.1) is 5.02 Å². The summed E-state index contributed by atoms with van der Waals surface area (Å²) in [6.07, 6.45) is 3.63. The van der Waals surface area contributed by atoms with E-state index < -0.39 is 17.9 Å². The zero-order chi connectivity index (χ0) is 14.4. The van der Waals surface area contributed by atoms with Crippen molar-refractivity contribution in [3.05, 3.63) is 23.0 Å². The summed E-state index contributed by atoms with van der Waals surface area (Å²) in [7, 11) is 0. The number of hydrogen-bond donors (Lipinski definition) is 2. The zero-order valence-corrected chi connectivity index (χ0v) is 11.9. The minimum absolute atomic E-state index is 0.397. The Labute approximate surface area is 117 Å². The maximum Gasteiger partial charge on any atom is 0.326 e. The summed E-state index contributed by atoms with van der Waals surface area (Å²) in [5.74, 6) is -1.42.